The van der Waals surface area contributed by atoms with Gasteiger partial charge in [0.05, 0.1) is 23.5 Å². The van der Waals surface area contributed by atoms with Gasteiger partial charge in [0.2, 0.25) is 0 Å². The number of nitrogens with one attached hydrogen (secondary N) is 1. The minimum absolute atomic E-state index is 0.521. The lowest BCUT2D eigenvalue weighted by atomic mass is 9.96. The molecule has 0 aliphatic heterocycles. The minimum atomic E-state index is -0.795. The van der Waals surface area contributed by atoms with Gasteiger partial charge in [-0.05, 0) is 37.6 Å². The van der Waals surface area contributed by atoms with E-state index in [9.17, 15) is 5.11 Å². The SMILES string of the molecule is CC(C)(O)Cc1cc(Oc2cccnc2)cc2[nH]ncc12. The first kappa shape index (κ1) is 13.6. The van der Waals surface area contributed by atoms with E-state index in [0.717, 1.165) is 16.5 Å². The third kappa shape index (κ3) is 3.20. The largest absolute Gasteiger partial charge is 0.456 e. The fourth-order valence-corrected chi connectivity index (χ4v) is 2.31. The van der Waals surface area contributed by atoms with Gasteiger partial charge in [-0.1, -0.05) is 0 Å². The summed E-state index contributed by atoms with van der Waals surface area (Å²) in [6, 6.07) is 7.49. The molecule has 5 heteroatoms. The van der Waals surface area contributed by atoms with Crippen molar-refractivity contribution in [3.05, 3.63) is 48.4 Å². The van der Waals surface area contributed by atoms with Gasteiger partial charge in [0, 0.05) is 24.1 Å². The zero-order valence-corrected chi connectivity index (χ0v) is 12.0. The first-order valence-electron chi connectivity index (χ1n) is 6.77. The zero-order chi connectivity index (χ0) is 14.9. The van der Waals surface area contributed by atoms with E-state index in [0.29, 0.717) is 17.9 Å². The molecular formula is C16H17N3O2. The van der Waals surface area contributed by atoms with E-state index in [1.165, 1.54) is 0 Å². The van der Waals surface area contributed by atoms with E-state index >= 15 is 0 Å². The van der Waals surface area contributed by atoms with Crippen molar-refractivity contribution in [1.29, 1.82) is 0 Å². The van der Waals surface area contributed by atoms with Crippen molar-refractivity contribution in [2.24, 2.45) is 0 Å². The molecule has 0 atom stereocenters. The monoisotopic (exact) mass is 283 g/mol. The second-order valence-corrected chi connectivity index (χ2v) is 5.69. The minimum Gasteiger partial charge on any atom is -0.456 e. The smallest absolute Gasteiger partial charge is 0.145 e. The van der Waals surface area contributed by atoms with Crippen molar-refractivity contribution in [1.82, 2.24) is 15.2 Å². The number of fused-ring (bicyclic) bond motifs is 1. The molecule has 3 aromatic rings. The highest BCUT2D eigenvalue weighted by molar-refractivity contribution is 5.83. The van der Waals surface area contributed by atoms with Gasteiger partial charge in [-0.3, -0.25) is 10.1 Å². The Kier molecular flexibility index (Phi) is 3.35. The van der Waals surface area contributed by atoms with Crippen LogP contribution in [0.25, 0.3) is 10.9 Å². The van der Waals surface area contributed by atoms with Crippen LogP contribution < -0.4 is 4.74 Å². The van der Waals surface area contributed by atoms with E-state index in [2.05, 4.69) is 15.2 Å². The van der Waals surface area contributed by atoms with Gasteiger partial charge in [0.15, 0.2) is 0 Å². The predicted molar refractivity (Wildman–Crippen MR) is 80.4 cm³/mol. The summed E-state index contributed by atoms with van der Waals surface area (Å²) in [5.41, 5.74) is 1.08. The summed E-state index contributed by atoms with van der Waals surface area (Å²) in [7, 11) is 0. The topological polar surface area (TPSA) is 71.0 Å². The number of H-pyrrole nitrogens is 1. The van der Waals surface area contributed by atoms with Crippen molar-refractivity contribution in [3.8, 4) is 11.5 Å². The Morgan fingerprint density at radius 1 is 1.24 bits per heavy atom. The van der Waals surface area contributed by atoms with Gasteiger partial charge in [-0.15, -0.1) is 0 Å². The summed E-state index contributed by atoms with van der Waals surface area (Å²) < 4.78 is 5.82. The number of rotatable bonds is 4. The van der Waals surface area contributed by atoms with Crippen LogP contribution in [0.1, 0.15) is 19.4 Å². The lowest BCUT2D eigenvalue weighted by Crippen LogP contribution is -2.21. The molecular weight excluding hydrogens is 266 g/mol. The third-order valence-corrected chi connectivity index (χ3v) is 3.11. The van der Waals surface area contributed by atoms with E-state index < -0.39 is 5.60 Å². The lowest BCUT2D eigenvalue weighted by molar-refractivity contribution is 0.0813. The lowest BCUT2D eigenvalue weighted by Gasteiger charge is -2.18. The molecule has 2 heterocycles. The quantitative estimate of drug-likeness (QED) is 0.772. The number of nitrogens with zero attached hydrogens (tertiary/aromatic N) is 2. The maximum absolute atomic E-state index is 10.1. The van der Waals surface area contributed by atoms with Gasteiger partial charge < -0.3 is 9.84 Å². The standard InChI is InChI=1S/C16H17N3O2/c1-16(2,20)8-11-6-13(7-15-14(11)10-18-19-15)21-12-4-3-5-17-9-12/h3-7,9-10,20H,8H2,1-2H3,(H,18,19). The predicted octanol–water partition coefficient (Wildman–Crippen LogP) is 3.06. The molecule has 0 amide bonds. The van der Waals surface area contributed by atoms with Crippen molar-refractivity contribution < 1.29 is 9.84 Å². The van der Waals surface area contributed by atoms with Gasteiger partial charge >= 0.3 is 0 Å². The maximum atomic E-state index is 10.1. The summed E-state index contributed by atoms with van der Waals surface area (Å²) in [5, 5.41) is 18.1. The second kappa shape index (κ2) is 5.18. The molecule has 0 saturated carbocycles. The second-order valence-electron chi connectivity index (χ2n) is 5.69. The number of hydrogen-bond acceptors (Lipinski definition) is 4. The van der Waals surface area contributed by atoms with E-state index in [4.69, 9.17) is 4.74 Å². The van der Waals surface area contributed by atoms with Crippen molar-refractivity contribution in [2.75, 3.05) is 0 Å². The first-order valence-corrected chi connectivity index (χ1v) is 6.77. The summed E-state index contributed by atoms with van der Waals surface area (Å²) in [4.78, 5) is 4.03. The Labute approximate surface area is 122 Å². The van der Waals surface area contributed by atoms with Crippen LogP contribution in [0, 0.1) is 0 Å². The average molecular weight is 283 g/mol. The molecule has 2 N–H and O–H groups in total. The van der Waals surface area contributed by atoms with Crippen LogP contribution in [0.3, 0.4) is 0 Å². The molecule has 0 saturated heterocycles. The Bertz CT molecular complexity index is 745. The molecule has 0 bridgehead atoms. The zero-order valence-electron chi connectivity index (χ0n) is 12.0. The normalized spacial score (nSPS) is 11.8. The fourth-order valence-electron chi connectivity index (χ4n) is 2.31. The molecule has 0 spiro atoms. The van der Waals surface area contributed by atoms with Gasteiger partial charge in [0.1, 0.15) is 11.5 Å². The molecule has 0 fully saturated rings. The molecule has 108 valence electrons. The molecule has 1 aromatic carbocycles. The van der Waals surface area contributed by atoms with Crippen molar-refractivity contribution >= 4 is 10.9 Å². The van der Waals surface area contributed by atoms with Crippen LogP contribution in [-0.2, 0) is 6.42 Å². The summed E-state index contributed by atoms with van der Waals surface area (Å²) in [5.74, 6) is 1.37. The van der Waals surface area contributed by atoms with Crippen molar-refractivity contribution in [3.63, 3.8) is 0 Å². The molecule has 0 aliphatic carbocycles. The highest BCUT2D eigenvalue weighted by Gasteiger charge is 2.17. The molecule has 0 unspecified atom stereocenters. The third-order valence-electron chi connectivity index (χ3n) is 3.11. The van der Waals surface area contributed by atoms with E-state index in [-0.39, 0.29) is 0 Å². The number of benzene rings is 1. The average Bonchev–Trinajstić information content (AvgIpc) is 2.86. The Morgan fingerprint density at radius 2 is 2.10 bits per heavy atom. The molecule has 2 aromatic heterocycles. The summed E-state index contributed by atoms with van der Waals surface area (Å²) >= 11 is 0. The Hall–Kier alpha value is -2.40. The molecule has 0 aliphatic rings. The van der Waals surface area contributed by atoms with Crippen LogP contribution in [0.5, 0.6) is 11.5 Å². The van der Waals surface area contributed by atoms with Crippen LogP contribution in [0.4, 0.5) is 0 Å². The molecule has 5 nitrogen and oxygen atoms in total. The Morgan fingerprint density at radius 3 is 2.81 bits per heavy atom. The highest BCUT2D eigenvalue weighted by Crippen LogP contribution is 2.29. The van der Waals surface area contributed by atoms with Gasteiger partial charge in [0.25, 0.3) is 0 Å². The Balaban J connectivity index is 2.00. The van der Waals surface area contributed by atoms with Crippen LogP contribution in [0.2, 0.25) is 0 Å². The van der Waals surface area contributed by atoms with Crippen LogP contribution in [-0.4, -0.2) is 25.9 Å². The number of ether oxygens (including phenoxy) is 1. The number of aromatic amines is 1. The molecule has 21 heavy (non-hydrogen) atoms. The number of pyridine rings is 1. The molecule has 0 radical (unpaired) electrons. The number of aliphatic hydroxyl groups is 1. The van der Waals surface area contributed by atoms with Gasteiger partial charge in [-0.2, -0.15) is 5.10 Å². The van der Waals surface area contributed by atoms with E-state index in [1.807, 2.05) is 24.3 Å². The number of hydrogen-bond donors (Lipinski definition) is 2. The molecule has 3 rings (SSSR count). The van der Waals surface area contributed by atoms with Crippen molar-refractivity contribution in [2.45, 2.75) is 25.9 Å². The summed E-state index contributed by atoms with van der Waals surface area (Å²) in [6.07, 6.45) is 5.65. The highest BCUT2D eigenvalue weighted by atomic mass is 16.5. The van der Waals surface area contributed by atoms with Crippen LogP contribution >= 0.6 is 0 Å². The van der Waals surface area contributed by atoms with E-state index in [1.54, 1.807) is 32.4 Å². The first-order chi connectivity index (χ1) is 10.0. The van der Waals surface area contributed by atoms with Gasteiger partial charge in [-0.25, -0.2) is 0 Å². The summed E-state index contributed by atoms with van der Waals surface area (Å²) in [6.45, 7) is 3.57. The number of aromatic nitrogens is 3. The maximum Gasteiger partial charge on any atom is 0.145 e. The fraction of sp³-hybridized carbons (Fsp3) is 0.250. The van der Waals surface area contributed by atoms with Crippen LogP contribution in [0.15, 0.2) is 42.9 Å².